The van der Waals surface area contributed by atoms with Gasteiger partial charge in [0, 0.05) is 37.6 Å². The van der Waals surface area contributed by atoms with E-state index in [1.807, 2.05) is 12.4 Å². The van der Waals surface area contributed by atoms with Crippen molar-refractivity contribution in [2.45, 2.75) is 70.0 Å². The number of likely N-dealkylation sites (tertiary alicyclic amines) is 2. The number of amides is 1. The number of hydrogen-bond donors (Lipinski definition) is 1. The van der Waals surface area contributed by atoms with Gasteiger partial charge in [-0.05, 0) is 75.9 Å². The Balaban J connectivity index is 1.23. The predicted octanol–water partition coefficient (Wildman–Crippen LogP) is 2.82. The second-order valence-electron chi connectivity index (χ2n) is 8.69. The first-order valence-corrected chi connectivity index (χ1v) is 10.9. The molecule has 0 spiro atoms. The summed E-state index contributed by atoms with van der Waals surface area (Å²) in [5.41, 5.74) is 1.35. The average molecular weight is 371 g/mol. The second kappa shape index (κ2) is 9.16. The van der Waals surface area contributed by atoms with Crippen LogP contribution in [0.4, 0.5) is 0 Å². The van der Waals surface area contributed by atoms with Crippen LogP contribution in [0, 0.1) is 5.92 Å². The molecule has 1 atom stereocenters. The van der Waals surface area contributed by atoms with Gasteiger partial charge in [0.1, 0.15) is 0 Å². The van der Waals surface area contributed by atoms with E-state index in [4.69, 9.17) is 0 Å². The number of pyridine rings is 1. The summed E-state index contributed by atoms with van der Waals surface area (Å²) in [6.45, 7) is 5.47. The minimum atomic E-state index is 0.203. The summed E-state index contributed by atoms with van der Waals surface area (Å²) in [5.74, 6) is 0.524. The molecule has 148 valence electrons. The highest BCUT2D eigenvalue weighted by atomic mass is 16.2. The molecule has 1 aromatic rings. The molecule has 1 amide bonds. The topological polar surface area (TPSA) is 48.5 Å². The minimum Gasteiger partial charge on any atom is -0.353 e. The van der Waals surface area contributed by atoms with Crippen LogP contribution in [0.25, 0.3) is 0 Å². The normalized spacial score (nSPS) is 26.3. The lowest BCUT2D eigenvalue weighted by atomic mass is 9.93. The molecule has 27 heavy (non-hydrogen) atoms. The van der Waals surface area contributed by atoms with E-state index in [0.29, 0.717) is 18.0 Å². The summed E-state index contributed by atoms with van der Waals surface area (Å²) in [5, 5.41) is 3.33. The fraction of sp³-hybridized carbons (Fsp3) is 0.727. The summed E-state index contributed by atoms with van der Waals surface area (Å²) in [7, 11) is 0. The Hall–Kier alpha value is -1.46. The van der Waals surface area contributed by atoms with E-state index >= 15 is 0 Å². The molecule has 0 radical (unpaired) electrons. The van der Waals surface area contributed by atoms with Crippen LogP contribution in [0.1, 0.15) is 56.9 Å². The molecule has 0 aromatic carbocycles. The maximum atomic E-state index is 12.7. The average Bonchev–Trinajstić information content (AvgIpc) is 3.22. The SMILES string of the molecule is O=C(NC1CCCC1)[C@@H]1CCCN(C2CCN(Cc3ccncc3)CC2)C1. The first-order chi connectivity index (χ1) is 13.3. The summed E-state index contributed by atoms with van der Waals surface area (Å²) in [6.07, 6.45) is 13.4. The number of carbonyl (C=O) groups is 1. The summed E-state index contributed by atoms with van der Waals surface area (Å²) >= 11 is 0. The monoisotopic (exact) mass is 370 g/mol. The van der Waals surface area contributed by atoms with Crippen molar-refractivity contribution in [2.75, 3.05) is 26.2 Å². The predicted molar refractivity (Wildman–Crippen MR) is 107 cm³/mol. The Kier molecular flexibility index (Phi) is 6.40. The lowest BCUT2D eigenvalue weighted by molar-refractivity contribution is -0.127. The van der Waals surface area contributed by atoms with Crippen LogP contribution in [0.3, 0.4) is 0 Å². The van der Waals surface area contributed by atoms with Crippen LogP contribution >= 0.6 is 0 Å². The van der Waals surface area contributed by atoms with Gasteiger partial charge in [-0.15, -0.1) is 0 Å². The molecule has 5 heteroatoms. The summed E-state index contributed by atoms with van der Waals surface area (Å²) in [6, 6.07) is 5.33. The van der Waals surface area contributed by atoms with Crippen LogP contribution < -0.4 is 5.32 Å². The highest BCUT2D eigenvalue weighted by molar-refractivity contribution is 5.79. The Bertz CT molecular complexity index is 594. The van der Waals surface area contributed by atoms with Crippen LogP contribution in [0.15, 0.2) is 24.5 Å². The van der Waals surface area contributed by atoms with Crippen molar-refractivity contribution in [2.24, 2.45) is 5.92 Å². The zero-order chi connectivity index (χ0) is 18.5. The van der Waals surface area contributed by atoms with E-state index in [0.717, 1.165) is 32.6 Å². The largest absolute Gasteiger partial charge is 0.353 e. The van der Waals surface area contributed by atoms with Crippen LogP contribution in [0.2, 0.25) is 0 Å². The van der Waals surface area contributed by atoms with Crippen LogP contribution in [0.5, 0.6) is 0 Å². The van der Waals surface area contributed by atoms with E-state index in [1.165, 1.54) is 57.1 Å². The standard InChI is InChI=1S/C22H34N4O/c27-22(24-20-5-1-2-6-20)19-4-3-13-26(17-19)21-9-14-25(15-10-21)16-18-7-11-23-12-8-18/h7-8,11-12,19-21H,1-6,9-10,13-17H2,(H,24,27)/t19-/m1/s1. The fourth-order valence-electron chi connectivity index (χ4n) is 5.13. The molecule has 2 saturated heterocycles. The zero-order valence-corrected chi connectivity index (χ0v) is 16.5. The number of nitrogens with zero attached hydrogens (tertiary/aromatic N) is 3. The number of piperidine rings is 2. The van der Waals surface area contributed by atoms with Crippen molar-refractivity contribution in [3.63, 3.8) is 0 Å². The molecule has 1 N–H and O–H groups in total. The van der Waals surface area contributed by atoms with Crippen molar-refractivity contribution in [1.82, 2.24) is 20.1 Å². The number of carbonyl (C=O) groups excluding carboxylic acids is 1. The molecule has 2 aliphatic heterocycles. The van der Waals surface area contributed by atoms with Gasteiger partial charge < -0.3 is 5.32 Å². The summed E-state index contributed by atoms with van der Waals surface area (Å²) in [4.78, 5) is 22.0. The molecule has 4 rings (SSSR count). The van der Waals surface area contributed by atoms with E-state index in [1.54, 1.807) is 0 Å². The lowest BCUT2D eigenvalue weighted by Crippen LogP contribution is -2.51. The molecule has 1 aromatic heterocycles. The molecule has 0 unspecified atom stereocenters. The van der Waals surface area contributed by atoms with Gasteiger partial charge >= 0.3 is 0 Å². The van der Waals surface area contributed by atoms with Crippen molar-refractivity contribution < 1.29 is 4.79 Å². The maximum absolute atomic E-state index is 12.7. The van der Waals surface area contributed by atoms with E-state index in [9.17, 15) is 4.79 Å². The van der Waals surface area contributed by atoms with E-state index in [2.05, 4.69) is 32.2 Å². The Morgan fingerprint density at radius 3 is 2.48 bits per heavy atom. The highest BCUT2D eigenvalue weighted by Crippen LogP contribution is 2.25. The minimum absolute atomic E-state index is 0.203. The molecule has 3 fully saturated rings. The molecule has 0 bridgehead atoms. The van der Waals surface area contributed by atoms with Gasteiger partial charge in [-0.25, -0.2) is 0 Å². The molecular formula is C22H34N4O. The number of hydrogen-bond acceptors (Lipinski definition) is 4. The quantitative estimate of drug-likeness (QED) is 0.866. The molecular weight excluding hydrogens is 336 g/mol. The number of aromatic nitrogens is 1. The lowest BCUT2D eigenvalue weighted by Gasteiger charge is -2.42. The van der Waals surface area contributed by atoms with Gasteiger partial charge in [-0.2, -0.15) is 0 Å². The van der Waals surface area contributed by atoms with Crippen molar-refractivity contribution in [3.05, 3.63) is 30.1 Å². The third-order valence-electron chi connectivity index (χ3n) is 6.75. The maximum Gasteiger partial charge on any atom is 0.224 e. The first kappa shape index (κ1) is 18.9. The Labute approximate surface area is 163 Å². The molecule has 1 aliphatic carbocycles. The first-order valence-electron chi connectivity index (χ1n) is 10.9. The second-order valence-corrected chi connectivity index (χ2v) is 8.69. The smallest absolute Gasteiger partial charge is 0.224 e. The number of nitrogens with one attached hydrogen (secondary N) is 1. The van der Waals surface area contributed by atoms with Crippen molar-refractivity contribution in [3.8, 4) is 0 Å². The van der Waals surface area contributed by atoms with Gasteiger partial charge in [0.2, 0.25) is 5.91 Å². The van der Waals surface area contributed by atoms with Gasteiger partial charge in [-0.3, -0.25) is 19.6 Å². The molecule has 3 heterocycles. The van der Waals surface area contributed by atoms with Gasteiger partial charge in [0.25, 0.3) is 0 Å². The van der Waals surface area contributed by atoms with E-state index < -0.39 is 0 Å². The Morgan fingerprint density at radius 2 is 1.74 bits per heavy atom. The zero-order valence-electron chi connectivity index (χ0n) is 16.5. The van der Waals surface area contributed by atoms with Crippen molar-refractivity contribution in [1.29, 1.82) is 0 Å². The molecule has 5 nitrogen and oxygen atoms in total. The van der Waals surface area contributed by atoms with Crippen molar-refractivity contribution >= 4 is 5.91 Å². The van der Waals surface area contributed by atoms with E-state index in [-0.39, 0.29) is 5.92 Å². The molecule has 1 saturated carbocycles. The third kappa shape index (κ3) is 5.08. The van der Waals surface area contributed by atoms with Crippen LogP contribution in [-0.4, -0.2) is 59.0 Å². The van der Waals surface area contributed by atoms with Gasteiger partial charge in [-0.1, -0.05) is 12.8 Å². The number of rotatable bonds is 5. The summed E-state index contributed by atoms with van der Waals surface area (Å²) < 4.78 is 0. The third-order valence-corrected chi connectivity index (χ3v) is 6.75. The Morgan fingerprint density at radius 1 is 1.00 bits per heavy atom. The highest BCUT2D eigenvalue weighted by Gasteiger charge is 2.32. The van der Waals surface area contributed by atoms with Gasteiger partial charge in [0.15, 0.2) is 0 Å². The van der Waals surface area contributed by atoms with Gasteiger partial charge in [0.05, 0.1) is 5.92 Å². The van der Waals surface area contributed by atoms with Crippen LogP contribution in [-0.2, 0) is 11.3 Å². The molecule has 3 aliphatic rings. The fourth-order valence-corrected chi connectivity index (χ4v) is 5.13.